The van der Waals surface area contributed by atoms with Crippen LogP contribution < -0.4 is 15.8 Å². The van der Waals surface area contributed by atoms with E-state index >= 15 is 0 Å². The molecule has 0 aliphatic rings. The number of aryl methyl sites for hydroxylation is 1. The number of hydrogen-bond acceptors (Lipinski definition) is 4. The molecule has 0 fully saturated rings. The van der Waals surface area contributed by atoms with E-state index in [2.05, 4.69) is 5.32 Å². The van der Waals surface area contributed by atoms with E-state index in [1.54, 1.807) is 11.8 Å². The molecule has 0 saturated heterocycles. The van der Waals surface area contributed by atoms with Crippen LogP contribution in [0.3, 0.4) is 0 Å². The van der Waals surface area contributed by atoms with Crippen LogP contribution in [0.25, 0.3) is 0 Å². The highest BCUT2D eigenvalue weighted by Crippen LogP contribution is 2.26. The Balaban J connectivity index is 2.03. The molecule has 0 radical (unpaired) electrons. The number of rotatable bonds is 8. The maximum absolute atomic E-state index is 12.1. The summed E-state index contributed by atoms with van der Waals surface area (Å²) in [6.07, 6.45) is 2.68. The average molecular weight is 344 g/mol. The summed E-state index contributed by atoms with van der Waals surface area (Å²) >= 11 is 1.69. The van der Waals surface area contributed by atoms with E-state index in [0.29, 0.717) is 13.0 Å². The monoisotopic (exact) mass is 344 g/mol. The fourth-order valence-electron chi connectivity index (χ4n) is 2.21. The number of benzene rings is 2. The average Bonchev–Trinajstić information content (AvgIpc) is 2.59. The van der Waals surface area contributed by atoms with Crippen molar-refractivity contribution in [3.63, 3.8) is 0 Å². The first kappa shape index (κ1) is 18.4. The summed E-state index contributed by atoms with van der Waals surface area (Å²) in [7, 11) is 0. The number of para-hydroxylation sites is 1. The first-order valence-corrected chi connectivity index (χ1v) is 9.34. The number of carbonyl (C=O) groups excluding carboxylic acids is 1. The van der Waals surface area contributed by atoms with Crippen LogP contribution in [0.4, 0.5) is 0 Å². The molecule has 2 rings (SSSR count). The summed E-state index contributed by atoms with van der Waals surface area (Å²) in [6.45, 7) is 2.41. The van der Waals surface area contributed by atoms with Gasteiger partial charge in [-0.15, -0.1) is 0 Å². The van der Waals surface area contributed by atoms with Crippen LogP contribution in [0.2, 0.25) is 0 Å². The van der Waals surface area contributed by atoms with Crippen LogP contribution in [0, 0.1) is 6.92 Å². The molecule has 0 saturated carbocycles. The van der Waals surface area contributed by atoms with Crippen molar-refractivity contribution in [2.24, 2.45) is 5.73 Å². The van der Waals surface area contributed by atoms with E-state index in [1.807, 2.05) is 61.7 Å². The quantitative estimate of drug-likeness (QED) is 0.769. The van der Waals surface area contributed by atoms with Crippen molar-refractivity contribution in [3.8, 4) is 11.5 Å². The second kappa shape index (κ2) is 9.35. The van der Waals surface area contributed by atoms with E-state index in [-0.39, 0.29) is 5.91 Å². The first-order valence-electron chi connectivity index (χ1n) is 7.95. The van der Waals surface area contributed by atoms with Gasteiger partial charge in [-0.2, -0.15) is 11.8 Å². The topological polar surface area (TPSA) is 64.4 Å². The van der Waals surface area contributed by atoms with Crippen molar-refractivity contribution in [1.82, 2.24) is 5.32 Å². The second-order valence-electron chi connectivity index (χ2n) is 5.63. The zero-order valence-electron chi connectivity index (χ0n) is 14.1. The van der Waals surface area contributed by atoms with Crippen molar-refractivity contribution >= 4 is 17.7 Å². The van der Waals surface area contributed by atoms with E-state index in [0.717, 1.165) is 28.4 Å². The van der Waals surface area contributed by atoms with Gasteiger partial charge in [0.1, 0.15) is 11.5 Å². The van der Waals surface area contributed by atoms with Gasteiger partial charge in [0, 0.05) is 12.1 Å². The minimum absolute atomic E-state index is 0.129. The molecular formula is C19H24N2O2S. The zero-order valence-corrected chi connectivity index (χ0v) is 14.9. The molecule has 0 unspecified atom stereocenters. The number of carbonyl (C=O) groups is 1. The lowest BCUT2D eigenvalue weighted by Gasteiger charge is -2.15. The third-order valence-electron chi connectivity index (χ3n) is 3.62. The van der Waals surface area contributed by atoms with E-state index in [4.69, 9.17) is 10.5 Å². The third-order valence-corrected chi connectivity index (χ3v) is 4.26. The van der Waals surface area contributed by atoms with E-state index < -0.39 is 6.04 Å². The number of ether oxygens (including phenoxy) is 1. The first-order chi connectivity index (χ1) is 11.6. The van der Waals surface area contributed by atoms with Gasteiger partial charge < -0.3 is 15.8 Å². The van der Waals surface area contributed by atoms with Crippen LogP contribution in [-0.2, 0) is 11.3 Å². The molecule has 5 heteroatoms. The van der Waals surface area contributed by atoms with Gasteiger partial charge >= 0.3 is 0 Å². The Hall–Kier alpha value is -1.98. The number of thioether (sulfide) groups is 1. The minimum Gasteiger partial charge on any atom is -0.457 e. The van der Waals surface area contributed by atoms with Crippen molar-refractivity contribution in [2.45, 2.75) is 25.9 Å². The molecule has 2 aromatic rings. The van der Waals surface area contributed by atoms with Gasteiger partial charge in [-0.3, -0.25) is 4.79 Å². The highest BCUT2D eigenvalue weighted by Gasteiger charge is 2.14. The van der Waals surface area contributed by atoms with Crippen molar-refractivity contribution in [2.75, 3.05) is 12.0 Å². The SMILES string of the molecule is CSCC[C@H](N)C(=O)NCc1ccc(C)cc1Oc1ccccc1. The molecule has 1 atom stereocenters. The fourth-order valence-corrected chi connectivity index (χ4v) is 2.70. The number of amides is 1. The Morgan fingerprint density at radius 3 is 2.71 bits per heavy atom. The predicted octanol–water partition coefficient (Wildman–Crippen LogP) is 3.48. The molecule has 24 heavy (non-hydrogen) atoms. The number of nitrogens with two attached hydrogens (primary N) is 1. The van der Waals surface area contributed by atoms with Crippen LogP contribution in [0.5, 0.6) is 11.5 Å². The van der Waals surface area contributed by atoms with Crippen LogP contribution in [0.1, 0.15) is 17.5 Å². The summed E-state index contributed by atoms with van der Waals surface area (Å²) in [5.74, 6) is 2.27. The number of nitrogens with one attached hydrogen (secondary N) is 1. The molecule has 3 N–H and O–H groups in total. The van der Waals surface area contributed by atoms with E-state index in [1.165, 1.54) is 0 Å². The van der Waals surface area contributed by atoms with Gasteiger partial charge in [0.25, 0.3) is 0 Å². The molecule has 0 bridgehead atoms. The molecule has 0 aromatic heterocycles. The molecule has 0 aliphatic heterocycles. The Bertz CT molecular complexity index is 662. The molecule has 0 spiro atoms. The van der Waals surface area contributed by atoms with Crippen molar-refractivity contribution in [1.29, 1.82) is 0 Å². The molecule has 0 heterocycles. The van der Waals surface area contributed by atoms with Crippen molar-refractivity contribution < 1.29 is 9.53 Å². The van der Waals surface area contributed by atoms with Gasteiger partial charge in [0.2, 0.25) is 5.91 Å². The van der Waals surface area contributed by atoms with Gasteiger partial charge in [-0.1, -0.05) is 30.3 Å². The normalized spacial score (nSPS) is 11.8. The Labute approximate surface area is 147 Å². The molecule has 2 aromatic carbocycles. The van der Waals surface area contributed by atoms with Gasteiger partial charge in [-0.25, -0.2) is 0 Å². The summed E-state index contributed by atoms with van der Waals surface area (Å²) in [6, 6.07) is 15.1. The smallest absolute Gasteiger partial charge is 0.237 e. The highest BCUT2D eigenvalue weighted by atomic mass is 32.2. The fraction of sp³-hybridized carbons (Fsp3) is 0.316. The predicted molar refractivity (Wildman–Crippen MR) is 101 cm³/mol. The third kappa shape index (κ3) is 5.58. The number of hydrogen-bond donors (Lipinski definition) is 2. The zero-order chi connectivity index (χ0) is 17.4. The summed E-state index contributed by atoms with van der Waals surface area (Å²) in [5, 5.41) is 2.90. The summed E-state index contributed by atoms with van der Waals surface area (Å²) < 4.78 is 5.96. The second-order valence-corrected chi connectivity index (χ2v) is 6.62. The molecule has 1 amide bonds. The summed E-state index contributed by atoms with van der Waals surface area (Å²) in [5.41, 5.74) is 7.93. The largest absolute Gasteiger partial charge is 0.457 e. The maximum Gasteiger partial charge on any atom is 0.237 e. The molecular weight excluding hydrogens is 320 g/mol. The van der Waals surface area contributed by atoms with Gasteiger partial charge in [-0.05, 0) is 49.1 Å². The van der Waals surface area contributed by atoms with Crippen molar-refractivity contribution in [3.05, 3.63) is 59.7 Å². The highest BCUT2D eigenvalue weighted by molar-refractivity contribution is 7.98. The minimum atomic E-state index is -0.471. The molecule has 4 nitrogen and oxygen atoms in total. The lowest BCUT2D eigenvalue weighted by atomic mass is 10.1. The van der Waals surface area contributed by atoms with Gasteiger partial charge in [0.15, 0.2) is 0 Å². The van der Waals surface area contributed by atoms with Crippen LogP contribution >= 0.6 is 11.8 Å². The van der Waals surface area contributed by atoms with Gasteiger partial charge in [0.05, 0.1) is 6.04 Å². The Morgan fingerprint density at radius 1 is 1.25 bits per heavy atom. The Kier molecular flexibility index (Phi) is 7.15. The maximum atomic E-state index is 12.1. The molecule has 0 aliphatic carbocycles. The summed E-state index contributed by atoms with van der Waals surface area (Å²) in [4.78, 5) is 12.1. The van der Waals surface area contributed by atoms with Crippen LogP contribution in [0.15, 0.2) is 48.5 Å². The lowest BCUT2D eigenvalue weighted by molar-refractivity contribution is -0.122. The van der Waals surface area contributed by atoms with E-state index in [9.17, 15) is 4.79 Å². The molecule has 128 valence electrons. The standard InChI is InChI=1S/C19H24N2O2S/c1-14-8-9-15(13-21-19(22)17(20)10-11-24-2)18(12-14)23-16-6-4-3-5-7-16/h3-9,12,17H,10-11,13,20H2,1-2H3,(H,21,22)/t17-/m0/s1. The Morgan fingerprint density at radius 2 is 2.00 bits per heavy atom. The van der Waals surface area contributed by atoms with Crippen LogP contribution in [-0.4, -0.2) is 24.0 Å². The lowest BCUT2D eigenvalue weighted by Crippen LogP contribution is -2.40.